The topological polar surface area (TPSA) is 83.6 Å². The molecule has 1 aliphatic carbocycles. The van der Waals surface area contributed by atoms with Gasteiger partial charge in [-0.2, -0.15) is 0 Å². The number of nitrogens with one attached hydrogen (secondary N) is 1. The van der Waals surface area contributed by atoms with E-state index in [2.05, 4.69) is 5.32 Å². The molecule has 1 saturated carbocycles. The van der Waals surface area contributed by atoms with Gasteiger partial charge in [0.05, 0.1) is 26.7 Å². The predicted molar refractivity (Wildman–Crippen MR) is 109 cm³/mol. The lowest BCUT2D eigenvalue weighted by atomic mass is 10.0. The molecular weight excluding hydrogens is 423 g/mol. The summed E-state index contributed by atoms with van der Waals surface area (Å²) < 4.78 is 25.9. The summed E-state index contributed by atoms with van der Waals surface area (Å²) in [4.78, 5) is 25.9. The molecule has 1 N–H and O–H groups in total. The van der Waals surface area contributed by atoms with E-state index in [0.717, 1.165) is 19.3 Å². The van der Waals surface area contributed by atoms with E-state index in [0.29, 0.717) is 32.5 Å². The Morgan fingerprint density at radius 3 is 2.54 bits per heavy atom. The Balaban J connectivity index is 1.74. The molecule has 0 atom stereocenters. The van der Waals surface area contributed by atoms with E-state index in [4.69, 9.17) is 23.2 Å². The minimum atomic E-state index is -3.57. The second-order valence-electron chi connectivity index (χ2n) is 7.34. The number of carbonyl (C=O) groups is 2. The molecule has 3 rings (SSSR count). The number of ketones is 1. The van der Waals surface area contributed by atoms with Gasteiger partial charge in [-0.05, 0) is 25.0 Å². The molecular formula is C19H24Cl2N2O4S. The van der Waals surface area contributed by atoms with Crippen LogP contribution >= 0.6 is 23.2 Å². The second kappa shape index (κ2) is 9.11. The number of amides is 1. The van der Waals surface area contributed by atoms with Crippen molar-refractivity contribution in [2.24, 2.45) is 0 Å². The van der Waals surface area contributed by atoms with E-state index in [9.17, 15) is 18.0 Å². The number of hydrogen-bond donors (Lipinski definition) is 1. The Morgan fingerprint density at radius 2 is 1.86 bits per heavy atom. The molecule has 1 amide bonds. The molecule has 2 fully saturated rings. The summed E-state index contributed by atoms with van der Waals surface area (Å²) in [5.41, 5.74) is 0.218. The van der Waals surface area contributed by atoms with Crippen molar-refractivity contribution in [3.63, 3.8) is 0 Å². The van der Waals surface area contributed by atoms with Crippen LogP contribution in [0.2, 0.25) is 10.0 Å². The maximum Gasteiger partial charge on any atom is 0.234 e. The van der Waals surface area contributed by atoms with E-state index in [1.54, 1.807) is 0 Å². The molecule has 0 spiro atoms. The van der Waals surface area contributed by atoms with Crippen LogP contribution in [0.5, 0.6) is 0 Å². The van der Waals surface area contributed by atoms with E-state index in [-0.39, 0.29) is 45.2 Å². The molecule has 0 unspecified atom stereocenters. The van der Waals surface area contributed by atoms with Gasteiger partial charge in [-0.3, -0.25) is 14.5 Å². The van der Waals surface area contributed by atoms with E-state index >= 15 is 0 Å². The van der Waals surface area contributed by atoms with Crippen molar-refractivity contribution in [1.82, 2.24) is 10.2 Å². The van der Waals surface area contributed by atoms with Gasteiger partial charge in [0.1, 0.15) is 0 Å². The normalized spacial score (nSPS) is 19.4. The summed E-state index contributed by atoms with van der Waals surface area (Å²) >= 11 is 12.6. The van der Waals surface area contributed by atoms with Gasteiger partial charge < -0.3 is 5.32 Å². The third-order valence-corrected chi connectivity index (χ3v) is 8.71. The lowest BCUT2D eigenvalue weighted by Crippen LogP contribution is -2.48. The monoisotopic (exact) mass is 446 g/mol. The van der Waals surface area contributed by atoms with Crippen LogP contribution in [0.1, 0.15) is 48.9 Å². The minimum absolute atomic E-state index is 0.00955. The minimum Gasteiger partial charge on any atom is -0.354 e. The highest BCUT2D eigenvalue weighted by molar-refractivity contribution is 7.92. The molecule has 1 aromatic rings. The first-order chi connectivity index (χ1) is 13.3. The number of Topliss-reactive ketones (excluding diaryl/α,β-unsaturated/α-hetero) is 1. The molecule has 154 valence electrons. The molecule has 1 saturated heterocycles. The molecule has 28 heavy (non-hydrogen) atoms. The van der Waals surface area contributed by atoms with Gasteiger partial charge in [0, 0.05) is 31.6 Å². The largest absolute Gasteiger partial charge is 0.354 e. The third-order valence-electron chi connectivity index (χ3n) is 5.42. The first-order valence-corrected chi connectivity index (χ1v) is 11.8. The maximum atomic E-state index is 12.9. The predicted octanol–water partition coefficient (Wildman–Crippen LogP) is 3.10. The molecule has 0 aromatic heterocycles. The van der Waals surface area contributed by atoms with Crippen LogP contribution in [-0.4, -0.2) is 56.4 Å². The number of nitrogens with zero attached hydrogens (tertiary/aromatic N) is 1. The molecule has 0 radical (unpaired) electrons. The highest BCUT2D eigenvalue weighted by atomic mass is 35.5. The third kappa shape index (κ3) is 4.70. The maximum absolute atomic E-state index is 12.9. The van der Waals surface area contributed by atoms with E-state index in [1.165, 1.54) is 12.1 Å². The smallest absolute Gasteiger partial charge is 0.234 e. The van der Waals surface area contributed by atoms with Crippen molar-refractivity contribution < 1.29 is 18.0 Å². The average molecular weight is 447 g/mol. The van der Waals surface area contributed by atoms with Crippen molar-refractivity contribution in [3.8, 4) is 0 Å². The molecule has 2 aliphatic rings. The summed E-state index contributed by atoms with van der Waals surface area (Å²) in [6, 6.07) is 2.86. The van der Waals surface area contributed by atoms with Crippen molar-refractivity contribution in [2.45, 2.75) is 48.7 Å². The van der Waals surface area contributed by atoms with Gasteiger partial charge in [-0.1, -0.05) is 42.5 Å². The zero-order chi connectivity index (χ0) is 20.3. The van der Waals surface area contributed by atoms with Crippen LogP contribution in [-0.2, 0) is 14.6 Å². The highest BCUT2D eigenvalue weighted by Gasteiger charge is 2.32. The molecule has 9 heteroatoms. The van der Waals surface area contributed by atoms with Gasteiger partial charge in [-0.25, -0.2) is 8.42 Å². The van der Waals surface area contributed by atoms with Crippen molar-refractivity contribution in [2.75, 3.05) is 26.2 Å². The quantitative estimate of drug-likeness (QED) is 0.678. The lowest BCUT2D eigenvalue weighted by molar-refractivity contribution is -0.124. The molecule has 1 aromatic carbocycles. The van der Waals surface area contributed by atoms with E-state index in [1.807, 2.05) is 4.90 Å². The van der Waals surface area contributed by atoms with Crippen molar-refractivity contribution in [1.29, 1.82) is 0 Å². The number of rotatable bonds is 6. The second-order valence-corrected chi connectivity index (χ2v) is 10.3. The van der Waals surface area contributed by atoms with Gasteiger partial charge in [0.25, 0.3) is 0 Å². The summed E-state index contributed by atoms with van der Waals surface area (Å²) in [5, 5.41) is 2.20. The fraction of sp³-hybridized carbons (Fsp3) is 0.579. The van der Waals surface area contributed by atoms with Crippen LogP contribution in [0, 0.1) is 0 Å². The van der Waals surface area contributed by atoms with Crippen LogP contribution in [0.25, 0.3) is 0 Å². The van der Waals surface area contributed by atoms with Gasteiger partial charge in [-0.15, -0.1) is 0 Å². The van der Waals surface area contributed by atoms with Gasteiger partial charge in [0.15, 0.2) is 15.6 Å². The Labute approximate surface area is 175 Å². The fourth-order valence-corrected chi connectivity index (χ4v) is 6.53. The number of piperazine rings is 1. The Bertz CT molecular complexity index is 867. The summed E-state index contributed by atoms with van der Waals surface area (Å²) in [5.74, 6) is -0.281. The average Bonchev–Trinajstić information content (AvgIpc) is 2.68. The standard InChI is InChI=1S/C19H24Cl2N2O4S/c20-18-14(15(24)8-10-23-11-9-22-17(25)12-23)6-7-16(19(18)21)28(26,27)13-4-2-1-3-5-13/h6-7,13H,1-5,8-12H2,(H,22,25). The molecule has 6 nitrogen and oxygen atoms in total. The van der Waals surface area contributed by atoms with Crippen LogP contribution in [0.3, 0.4) is 0 Å². The first kappa shape index (κ1) is 21.6. The number of hydrogen-bond acceptors (Lipinski definition) is 5. The lowest BCUT2D eigenvalue weighted by Gasteiger charge is -2.26. The Morgan fingerprint density at radius 1 is 1.14 bits per heavy atom. The zero-order valence-electron chi connectivity index (χ0n) is 15.5. The summed E-state index contributed by atoms with van der Waals surface area (Å²) in [6.07, 6.45) is 4.26. The summed E-state index contributed by atoms with van der Waals surface area (Å²) in [6.45, 7) is 1.95. The van der Waals surface area contributed by atoms with Crippen LogP contribution in [0.4, 0.5) is 0 Å². The van der Waals surface area contributed by atoms with E-state index < -0.39 is 15.1 Å². The SMILES string of the molecule is O=C1CN(CCC(=O)c2ccc(S(=O)(=O)C3CCCCC3)c(Cl)c2Cl)CCN1. The number of benzene rings is 1. The Hall–Kier alpha value is -1.15. The highest BCUT2D eigenvalue weighted by Crippen LogP contribution is 2.37. The number of carbonyl (C=O) groups excluding carboxylic acids is 2. The van der Waals surface area contributed by atoms with Crippen molar-refractivity contribution in [3.05, 3.63) is 27.7 Å². The zero-order valence-corrected chi connectivity index (χ0v) is 17.9. The van der Waals surface area contributed by atoms with Crippen LogP contribution in [0.15, 0.2) is 17.0 Å². The molecule has 1 aliphatic heterocycles. The first-order valence-electron chi connectivity index (χ1n) is 9.55. The van der Waals surface area contributed by atoms with Crippen molar-refractivity contribution >= 4 is 44.7 Å². The molecule has 1 heterocycles. The fourth-order valence-electron chi connectivity index (χ4n) is 3.80. The Kier molecular flexibility index (Phi) is 7.02. The molecule has 0 bridgehead atoms. The van der Waals surface area contributed by atoms with Gasteiger partial charge >= 0.3 is 0 Å². The van der Waals surface area contributed by atoms with Gasteiger partial charge in [0.2, 0.25) is 5.91 Å². The van der Waals surface area contributed by atoms with Crippen LogP contribution < -0.4 is 5.32 Å². The number of sulfone groups is 1. The number of halogens is 2. The summed E-state index contributed by atoms with van der Waals surface area (Å²) in [7, 11) is -3.57.